The lowest BCUT2D eigenvalue weighted by Crippen LogP contribution is -2.63. The van der Waals surface area contributed by atoms with E-state index in [1.807, 2.05) is 55.4 Å². The monoisotopic (exact) mass is 1230 g/mol. The van der Waals surface area contributed by atoms with Crippen LogP contribution in [0.1, 0.15) is 160 Å². The molecule has 1 saturated heterocycles. The van der Waals surface area contributed by atoms with E-state index in [0.717, 1.165) is 15.9 Å². The summed E-state index contributed by atoms with van der Waals surface area (Å²) in [6, 6.07) is -13.1. The maximum atomic E-state index is 15.3. The molecule has 12 atom stereocenters. The molecule has 0 aromatic carbocycles. The fourth-order valence-electron chi connectivity index (χ4n) is 11.0. The first kappa shape index (κ1) is 73.1. The SMILES string of the molecule is [2H]C([2H])=C/C([2H])=C(\C)C[C@@H](C)[C@@H](O)[C@H]1C(=O)N[C@@H](CC)C(=O)N(C)CC(=O)N(C)[C@@H](CC(C)C)C(=O)N[C@@H](C(C)C)C(=O)N(C)[C@@H](CC(C)C)C(=O)N[C@@H](C)C(=O)N[C@H](C)C(=O)N(C)[C@@H](CC(C)C)C(=O)N(C)[C@@H](CC(C)C)C(=O)N(C)[C@@H](C(C)C)C(=O)N1C. The highest BCUT2D eigenvalue weighted by molar-refractivity contribution is 5.99. The first-order chi connectivity index (χ1) is 41.4. The first-order valence-electron chi connectivity index (χ1n) is 32.4. The maximum Gasteiger partial charge on any atom is 0.246 e. The molecule has 0 aromatic rings. The Morgan fingerprint density at radius 3 is 1.41 bits per heavy atom. The first-order valence-corrected chi connectivity index (χ1v) is 30.9. The van der Waals surface area contributed by atoms with Crippen molar-refractivity contribution in [2.75, 3.05) is 55.9 Å². The molecule has 0 unspecified atom stereocenters. The van der Waals surface area contributed by atoms with Crippen molar-refractivity contribution < 1.29 is 62.0 Å². The van der Waals surface area contributed by atoms with E-state index in [1.165, 1.54) is 87.7 Å². The number of nitrogens with one attached hydrogen (secondary N) is 4. The van der Waals surface area contributed by atoms with Gasteiger partial charge in [-0.05, 0) is 101 Å². The quantitative estimate of drug-likeness (QED) is 0.138. The molecule has 0 radical (unpaired) electrons. The second-order valence-electron chi connectivity index (χ2n) is 26.6. The zero-order valence-corrected chi connectivity index (χ0v) is 57.0. The predicted octanol–water partition coefficient (Wildman–Crippen LogP) is 3.83. The summed E-state index contributed by atoms with van der Waals surface area (Å²) in [6.45, 7) is 27.9. The molecule has 1 fully saturated rings. The van der Waals surface area contributed by atoms with Crippen molar-refractivity contribution in [2.45, 2.75) is 223 Å². The molecule has 23 heteroatoms. The number of amides is 11. The average Bonchev–Trinajstić information content (AvgIpc) is 1.03. The van der Waals surface area contributed by atoms with Gasteiger partial charge in [-0.15, -0.1) is 0 Å². The highest BCUT2D eigenvalue weighted by atomic mass is 16.3. The second kappa shape index (κ2) is 35.6. The summed E-state index contributed by atoms with van der Waals surface area (Å²) in [5.74, 6) is -10.7. The van der Waals surface area contributed by atoms with E-state index in [-0.39, 0.29) is 68.2 Å². The molecule has 496 valence electrons. The number of likely N-dealkylation sites (N-methyl/N-ethyl adjacent to an activating group) is 7. The largest absolute Gasteiger partial charge is 0.390 e. The average molecular weight is 1230 g/mol. The van der Waals surface area contributed by atoms with Crippen LogP contribution in [0.2, 0.25) is 0 Å². The predicted molar refractivity (Wildman–Crippen MR) is 338 cm³/mol. The van der Waals surface area contributed by atoms with Crippen molar-refractivity contribution in [3.63, 3.8) is 0 Å². The van der Waals surface area contributed by atoms with Crippen LogP contribution in [0.5, 0.6) is 0 Å². The van der Waals surface area contributed by atoms with Gasteiger partial charge in [0.15, 0.2) is 0 Å². The number of hydrogen-bond acceptors (Lipinski definition) is 12. The highest BCUT2D eigenvalue weighted by Gasteiger charge is 2.46. The number of allylic oxidation sites excluding steroid dienone is 3. The van der Waals surface area contributed by atoms with Crippen molar-refractivity contribution in [3.8, 4) is 0 Å². The third-order valence-electron chi connectivity index (χ3n) is 16.3. The van der Waals surface area contributed by atoms with Crippen LogP contribution < -0.4 is 21.3 Å². The molecule has 0 aliphatic carbocycles. The number of nitrogens with zero attached hydrogens (tertiary/aromatic N) is 7. The van der Waals surface area contributed by atoms with Gasteiger partial charge in [0, 0.05) is 49.3 Å². The van der Waals surface area contributed by atoms with Crippen LogP contribution in [-0.2, 0) is 52.7 Å². The highest BCUT2D eigenvalue weighted by Crippen LogP contribution is 2.26. The van der Waals surface area contributed by atoms with Crippen LogP contribution in [-0.4, -0.2) is 227 Å². The Morgan fingerprint density at radius 1 is 0.529 bits per heavy atom. The molecule has 23 nitrogen and oxygen atoms in total. The van der Waals surface area contributed by atoms with Gasteiger partial charge < -0.3 is 60.7 Å². The Bertz CT molecular complexity index is 2580. The summed E-state index contributed by atoms with van der Waals surface area (Å²) >= 11 is 0. The molecular formula is C64H113N11O12. The van der Waals surface area contributed by atoms with Gasteiger partial charge >= 0.3 is 0 Å². The van der Waals surface area contributed by atoms with E-state index in [1.54, 1.807) is 48.5 Å². The molecule has 1 aliphatic rings. The molecule has 1 heterocycles. The Morgan fingerprint density at radius 2 is 0.954 bits per heavy atom. The normalized spacial score (nSPS) is 27.2. The van der Waals surface area contributed by atoms with Crippen LogP contribution in [0.15, 0.2) is 24.2 Å². The van der Waals surface area contributed by atoms with E-state index >= 15 is 14.4 Å². The molecule has 1 aliphatic heterocycles. The van der Waals surface area contributed by atoms with Crippen molar-refractivity contribution >= 4 is 65.0 Å². The minimum atomic E-state index is -1.78. The van der Waals surface area contributed by atoms with Crippen molar-refractivity contribution in [1.82, 2.24) is 55.6 Å². The third kappa shape index (κ3) is 22.3. The molecule has 0 aromatic heterocycles. The van der Waals surface area contributed by atoms with Gasteiger partial charge in [-0.25, -0.2) is 0 Å². The van der Waals surface area contributed by atoms with E-state index in [4.69, 9.17) is 4.11 Å². The number of carbonyl (C=O) groups is 11. The van der Waals surface area contributed by atoms with Crippen LogP contribution in [0.25, 0.3) is 0 Å². The van der Waals surface area contributed by atoms with E-state index in [9.17, 15) is 43.5 Å². The second-order valence-corrected chi connectivity index (χ2v) is 26.6. The standard InChI is InChI=1S/C64H113N11O12/c1-26-28-41(15)33-42(16)54(77)53-58(81)67-45(27-2)60(83)69(19)34-50(76)70(20)46(29-35(3)4)57(80)68-51(39(11)12)63(86)71(21)47(30-36(5)6)56(79)65-43(17)55(78)66-44(18)59(82)72(22)48(31-37(7)8)61(84)73(23)49(32-38(9)10)62(85)74(24)52(40(13)14)64(87)75(53)25/h26,28,35-40,42-49,51-54,77H,1,27,29-34H2,2-25H3,(H,65,79)(H,66,78)(H,67,81)(H,68,80)/b41-28+/t42-,43+,44-,45+,46+,47+,48+,49+,51+,52+,53+,54-/m1/s1/i1D2,28D. The van der Waals surface area contributed by atoms with Crippen LogP contribution in [0.4, 0.5) is 0 Å². The van der Waals surface area contributed by atoms with Gasteiger partial charge in [-0.1, -0.05) is 121 Å². The molecule has 0 saturated carbocycles. The van der Waals surface area contributed by atoms with Gasteiger partial charge in [-0.3, -0.25) is 52.7 Å². The third-order valence-corrected chi connectivity index (χ3v) is 16.3. The van der Waals surface area contributed by atoms with Crippen molar-refractivity contribution in [2.24, 2.45) is 41.4 Å². The van der Waals surface area contributed by atoms with Gasteiger partial charge in [0.1, 0.15) is 60.4 Å². The van der Waals surface area contributed by atoms with E-state index in [2.05, 4.69) is 21.3 Å². The Labute approximate surface area is 525 Å². The smallest absolute Gasteiger partial charge is 0.246 e. The zero-order chi connectivity index (χ0) is 70.0. The molecule has 1 rings (SSSR count). The molecule has 0 spiro atoms. The molecular weight excluding hydrogens is 1110 g/mol. The molecule has 5 N–H and O–H groups in total. The lowest BCUT2D eigenvalue weighted by atomic mass is 9.89. The lowest BCUT2D eigenvalue weighted by molar-refractivity contribution is -0.157. The molecule has 11 amide bonds. The fraction of sp³-hybridized carbons (Fsp3) is 0.766. The molecule has 87 heavy (non-hydrogen) atoms. The lowest BCUT2D eigenvalue weighted by Gasteiger charge is -2.41. The minimum Gasteiger partial charge on any atom is -0.390 e. The topological polar surface area (TPSA) is 279 Å². The number of rotatable bonds is 16. The van der Waals surface area contributed by atoms with Gasteiger partial charge in [-0.2, -0.15) is 0 Å². The van der Waals surface area contributed by atoms with Crippen LogP contribution in [0, 0.1) is 41.4 Å². The Hall–Kier alpha value is -6.39. The summed E-state index contributed by atoms with van der Waals surface area (Å²) in [5.41, 5.74) is 0.349. The van der Waals surface area contributed by atoms with Gasteiger partial charge in [0.05, 0.1) is 16.8 Å². The zero-order valence-electron chi connectivity index (χ0n) is 60.0. The summed E-state index contributed by atoms with van der Waals surface area (Å²) in [6.07, 6.45) is -0.308. The van der Waals surface area contributed by atoms with Crippen LogP contribution in [0.3, 0.4) is 0 Å². The maximum absolute atomic E-state index is 15.3. The summed E-state index contributed by atoms with van der Waals surface area (Å²) in [7, 11) is 9.67. The van der Waals surface area contributed by atoms with Crippen molar-refractivity contribution in [1.29, 1.82) is 0 Å². The summed E-state index contributed by atoms with van der Waals surface area (Å²) in [4.78, 5) is 169. The number of aliphatic hydroxyl groups excluding tert-OH is 1. The van der Waals surface area contributed by atoms with E-state index < -0.39 is 162 Å². The molecule has 0 bridgehead atoms. The minimum absolute atomic E-state index is 0.0444. The Kier molecular flexibility index (Phi) is 29.9. The van der Waals surface area contributed by atoms with Crippen molar-refractivity contribution in [3.05, 3.63) is 24.2 Å². The number of aliphatic hydroxyl groups is 1. The Balaban J connectivity index is 4.42. The summed E-state index contributed by atoms with van der Waals surface area (Å²) < 4.78 is 23.6. The van der Waals surface area contributed by atoms with Gasteiger partial charge in [0.2, 0.25) is 65.0 Å². The summed E-state index contributed by atoms with van der Waals surface area (Å²) in [5, 5.41) is 23.2. The van der Waals surface area contributed by atoms with E-state index in [0.29, 0.717) is 5.57 Å². The number of hydrogen-bond donors (Lipinski definition) is 5. The van der Waals surface area contributed by atoms with Gasteiger partial charge in [0.25, 0.3) is 0 Å². The number of carbonyl (C=O) groups excluding carboxylic acids is 11. The van der Waals surface area contributed by atoms with Crippen LogP contribution >= 0.6 is 0 Å². The fourth-order valence-corrected chi connectivity index (χ4v) is 11.0.